The molecule has 29 heavy (non-hydrogen) atoms. The molecule has 2 atom stereocenters. The van der Waals surface area contributed by atoms with E-state index in [9.17, 15) is 9.35 Å². The van der Waals surface area contributed by atoms with Crippen LogP contribution in [0.5, 0.6) is 0 Å². The van der Waals surface area contributed by atoms with Crippen molar-refractivity contribution >= 4 is 45.5 Å². The van der Waals surface area contributed by atoms with Crippen molar-refractivity contribution in [1.82, 2.24) is 8.61 Å². The van der Waals surface area contributed by atoms with Crippen molar-refractivity contribution in [3.63, 3.8) is 0 Å². The quantitative estimate of drug-likeness (QED) is 0.588. The molecule has 1 aromatic carbocycles. The van der Waals surface area contributed by atoms with Crippen LogP contribution in [0.15, 0.2) is 24.3 Å². The van der Waals surface area contributed by atoms with Crippen LogP contribution in [0.2, 0.25) is 0 Å². The monoisotopic (exact) mass is 453 g/mol. The van der Waals surface area contributed by atoms with Gasteiger partial charge in [0, 0.05) is 36.3 Å². The fraction of sp³-hybridized carbons (Fsp3) is 0.667. The average molecular weight is 454 g/mol. The van der Waals surface area contributed by atoms with Crippen LogP contribution in [0.4, 0.5) is 5.69 Å². The van der Waals surface area contributed by atoms with Gasteiger partial charge in [-0.2, -0.15) is 3.71 Å². The van der Waals surface area contributed by atoms with Crippen molar-refractivity contribution < 1.29 is 9.35 Å². The SMILES string of the molecule is CC(C)N(CC1(c2ccc(N3CCC(N(S)S(O)=S)C3=O)cc2)CC1)C1CCC1. The molecule has 3 fully saturated rings. The van der Waals surface area contributed by atoms with E-state index in [0.717, 1.165) is 18.3 Å². The highest BCUT2D eigenvalue weighted by Gasteiger charge is 2.47. The smallest absolute Gasteiger partial charge is 0.246 e. The summed E-state index contributed by atoms with van der Waals surface area (Å²) in [5.41, 5.74) is 2.60. The van der Waals surface area contributed by atoms with Crippen LogP contribution in [0.1, 0.15) is 57.9 Å². The maximum atomic E-state index is 12.8. The highest BCUT2D eigenvalue weighted by molar-refractivity contribution is 8.27. The predicted molar refractivity (Wildman–Crippen MR) is 126 cm³/mol. The highest BCUT2D eigenvalue weighted by atomic mass is 32.8. The third-order valence-electron chi connectivity index (χ3n) is 6.94. The van der Waals surface area contributed by atoms with E-state index in [1.807, 2.05) is 0 Å². The summed E-state index contributed by atoms with van der Waals surface area (Å²) in [6.07, 6.45) is 7.17. The second kappa shape index (κ2) is 8.55. The molecule has 0 spiro atoms. The molecule has 160 valence electrons. The van der Waals surface area contributed by atoms with Gasteiger partial charge in [0.05, 0.1) is 9.92 Å². The summed E-state index contributed by atoms with van der Waals surface area (Å²) in [6.45, 7) is 6.40. The van der Waals surface area contributed by atoms with Gasteiger partial charge in [-0.05, 0) is 74.8 Å². The van der Waals surface area contributed by atoms with E-state index in [4.69, 9.17) is 11.2 Å². The van der Waals surface area contributed by atoms with E-state index in [1.165, 1.54) is 41.4 Å². The lowest BCUT2D eigenvalue weighted by atomic mass is 9.87. The Labute approximate surface area is 186 Å². The van der Waals surface area contributed by atoms with Crippen LogP contribution in [-0.2, 0) is 31.3 Å². The standard InChI is InChI=1S/C21H31N3O2S3/c1-15(2)23(17-4-3-5-17)14-21(11-12-21)16-6-8-18(9-7-16)22-13-10-19(20(22)25)24(27)29(26)28/h6-9,15,17,19,27H,3-5,10-14H2,1-2H3,(H,26,28). The van der Waals surface area contributed by atoms with Gasteiger partial charge >= 0.3 is 0 Å². The Hall–Kier alpha value is -0.510. The average Bonchev–Trinajstić information content (AvgIpc) is 3.34. The minimum Gasteiger partial charge on any atom is -0.315 e. The van der Waals surface area contributed by atoms with Gasteiger partial charge in [-0.15, -0.1) is 0 Å². The van der Waals surface area contributed by atoms with Gasteiger partial charge < -0.3 is 9.45 Å². The molecule has 5 nitrogen and oxygen atoms in total. The zero-order chi connectivity index (χ0) is 20.8. The van der Waals surface area contributed by atoms with Gasteiger partial charge in [-0.1, -0.05) is 31.4 Å². The van der Waals surface area contributed by atoms with E-state index in [1.54, 1.807) is 4.90 Å². The van der Waals surface area contributed by atoms with Crippen molar-refractivity contribution in [1.29, 1.82) is 0 Å². The first-order valence-corrected chi connectivity index (χ1v) is 13.1. The fourth-order valence-corrected chi connectivity index (χ4v) is 5.66. The van der Waals surface area contributed by atoms with Gasteiger partial charge in [0.25, 0.3) is 0 Å². The summed E-state index contributed by atoms with van der Waals surface area (Å²) in [6, 6.07) is 9.47. The van der Waals surface area contributed by atoms with Crippen LogP contribution >= 0.6 is 12.8 Å². The lowest BCUT2D eigenvalue weighted by molar-refractivity contribution is -0.119. The lowest BCUT2D eigenvalue weighted by Crippen LogP contribution is -2.47. The summed E-state index contributed by atoms with van der Waals surface area (Å²) in [4.78, 5) is 17.3. The molecule has 1 heterocycles. The number of nitrogens with zero attached hydrogens (tertiary/aromatic N) is 3. The molecular weight excluding hydrogens is 422 g/mol. The first-order chi connectivity index (χ1) is 13.8. The molecule has 2 saturated carbocycles. The van der Waals surface area contributed by atoms with Crippen LogP contribution in [-0.4, -0.2) is 50.3 Å². The van der Waals surface area contributed by atoms with Crippen LogP contribution in [0.25, 0.3) is 0 Å². The molecule has 1 saturated heterocycles. The molecule has 2 unspecified atom stereocenters. The van der Waals surface area contributed by atoms with Gasteiger partial charge in [0.15, 0.2) is 0 Å². The van der Waals surface area contributed by atoms with Crippen molar-refractivity contribution in [3.05, 3.63) is 29.8 Å². The molecule has 1 N–H and O–H groups in total. The Morgan fingerprint density at radius 3 is 2.41 bits per heavy atom. The molecule has 0 aromatic heterocycles. The fourth-order valence-electron chi connectivity index (χ4n) is 4.72. The Morgan fingerprint density at radius 1 is 1.28 bits per heavy atom. The summed E-state index contributed by atoms with van der Waals surface area (Å²) in [5, 5.41) is 0. The first-order valence-electron chi connectivity index (χ1n) is 10.6. The maximum Gasteiger partial charge on any atom is 0.246 e. The van der Waals surface area contributed by atoms with Gasteiger partial charge in [-0.25, -0.2) is 0 Å². The zero-order valence-corrected chi connectivity index (χ0v) is 19.7. The zero-order valence-electron chi connectivity index (χ0n) is 17.2. The second-order valence-electron chi connectivity index (χ2n) is 9.01. The lowest BCUT2D eigenvalue weighted by Gasteiger charge is -2.42. The molecule has 0 bridgehead atoms. The maximum absolute atomic E-state index is 12.8. The predicted octanol–water partition coefficient (Wildman–Crippen LogP) is 3.70. The molecular formula is C21H31N3O2S3. The largest absolute Gasteiger partial charge is 0.315 e. The number of amides is 1. The molecule has 3 aliphatic rings. The van der Waals surface area contributed by atoms with Gasteiger partial charge in [0.1, 0.15) is 6.04 Å². The Morgan fingerprint density at radius 2 is 1.93 bits per heavy atom. The Balaban J connectivity index is 1.45. The second-order valence-corrected chi connectivity index (χ2v) is 11.5. The summed E-state index contributed by atoms with van der Waals surface area (Å²) in [7, 11) is -1.43. The van der Waals surface area contributed by atoms with E-state index in [0.29, 0.717) is 19.0 Å². The number of benzene rings is 1. The van der Waals surface area contributed by atoms with E-state index < -0.39 is 16.0 Å². The number of thiol groups is 1. The molecule has 1 aliphatic heterocycles. The van der Waals surface area contributed by atoms with Crippen LogP contribution < -0.4 is 4.90 Å². The minimum atomic E-state index is -1.43. The van der Waals surface area contributed by atoms with Crippen molar-refractivity contribution in [2.24, 2.45) is 0 Å². The Bertz CT molecular complexity index is 778. The molecule has 1 amide bonds. The van der Waals surface area contributed by atoms with E-state index >= 15 is 0 Å². The molecule has 8 heteroatoms. The Kier molecular flexibility index (Phi) is 6.40. The normalized spacial score (nSPS) is 25.1. The third kappa shape index (κ3) is 4.29. The topological polar surface area (TPSA) is 47.0 Å². The molecule has 1 aromatic rings. The number of carbonyl (C=O) groups is 1. The minimum absolute atomic E-state index is 0.0405. The van der Waals surface area contributed by atoms with Crippen molar-refractivity contribution in [2.75, 3.05) is 18.0 Å². The number of hydrogen-bond donors (Lipinski definition) is 2. The molecule has 2 aliphatic carbocycles. The van der Waals surface area contributed by atoms with Crippen molar-refractivity contribution in [3.8, 4) is 0 Å². The number of hydrogen-bond acceptors (Lipinski definition) is 4. The van der Waals surface area contributed by atoms with Crippen LogP contribution in [0, 0.1) is 0 Å². The van der Waals surface area contributed by atoms with Crippen molar-refractivity contribution in [2.45, 2.75) is 75.9 Å². The summed E-state index contributed by atoms with van der Waals surface area (Å²) >= 11 is 9.06. The number of anilines is 1. The number of carbonyl (C=O) groups excluding carboxylic acids is 1. The van der Waals surface area contributed by atoms with Crippen LogP contribution in [0.3, 0.4) is 0 Å². The molecule has 0 radical (unpaired) electrons. The molecule has 4 rings (SSSR count). The van der Waals surface area contributed by atoms with Gasteiger partial charge in [-0.3, -0.25) is 9.69 Å². The third-order valence-corrected chi connectivity index (χ3v) is 9.07. The summed E-state index contributed by atoms with van der Waals surface area (Å²) < 4.78 is 10.9. The van der Waals surface area contributed by atoms with E-state index in [-0.39, 0.29) is 11.3 Å². The first kappa shape index (κ1) is 21.7. The van der Waals surface area contributed by atoms with Gasteiger partial charge in [0.2, 0.25) is 5.91 Å². The van der Waals surface area contributed by atoms with E-state index in [2.05, 4.69) is 55.8 Å². The highest BCUT2D eigenvalue weighted by Crippen LogP contribution is 2.50. The summed E-state index contributed by atoms with van der Waals surface area (Å²) in [5.74, 6) is -0.0405. The number of rotatable bonds is 8.